The minimum Gasteiger partial charge on any atom is -0.478 e. The highest BCUT2D eigenvalue weighted by Gasteiger charge is 2.40. The molecular formula is C12H18O4. The molecule has 0 saturated heterocycles. The summed E-state index contributed by atoms with van der Waals surface area (Å²) in [7, 11) is 0. The van der Waals surface area contributed by atoms with Crippen molar-refractivity contribution in [2.24, 2.45) is 5.92 Å². The van der Waals surface area contributed by atoms with Crippen molar-refractivity contribution in [1.82, 2.24) is 0 Å². The van der Waals surface area contributed by atoms with E-state index in [-0.39, 0.29) is 11.5 Å². The van der Waals surface area contributed by atoms with Gasteiger partial charge in [-0.25, -0.2) is 9.59 Å². The molecule has 4 heteroatoms. The fraction of sp³-hybridized carbons (Fsp3) is 0.667. The lowest BCUT2D eigenvalue weighted by molar-refractivity contribution is -0.158. The van der Waals surface area contributed by atoms with E-state index < -0.39 is 11.9 Å². The summed E-state index contributed by atoms with van der Waals surface area (Å²) in [5, 5.41) is 8.40. The number of aliphatic carboxylic acids is 1. The van der Waals surface area contributed by atoms with E-state index in [2.05, 4.69) is 0 Å². The number of carbonyl (C=O) groups excluding carboxylic acids is 1. The van der Waals surface area contributed by atoms with Crippen LogP contribution < -0.4 is 0 Å². The van der Waals surface area contributed by atoms with Crippen LogP contribution in [0.1, 0.15) is 39.5 Å². The summed E-state index contributed by atoms with van der Waals surface area (Å²) in [6.45, 7) is 4.05. The second-order valence-electron chi connectivity index (χ2n) is 4.52. The monoisotopic (exact) mass is 226 g/mol. The van der Waals surface area contributed by atoms with Gasteiger partial charge in [-0.3, -0.25) is 0 Å². The number of rotatable bonds is 4. The third kappa shape index (κ3) is 3.08. The van der Waals surface area contributed by atoms with Crippen molar-refractivity contribution in [1.29, 1.82) is 0 Å². The Balaban J connectivity index is 2.63. The predicted molar refractivity (Wildman–Crippen MR) is 58.9 cm³/mol. The van der Waals surface area contributed by atoms with Crippen LogP contribution in [-0.4, -0.2) is 22.6 Å². The summed E-state index contributed by atoms with van der Waals surface area (Å²) in [5.74, 6) is -1.43. The number of esters is 1. The largest absolute Gasteiger partial charge is 0.478 e. The van der Waals surface area contributed by atoms with Crippen LogP contribution in [0.3, 0.4) is 0 Å². The van der Waals surface area contributed by atoms with Crippen molar-refractivity contribution < 1.29 is 19.4 Å². The molecule has 4 nitrogen and oxygen atoms in total. The number of hydrogen-bond donors (Lipinski definition) is 1. The molecule has 1 rings (SSSR count). The molecule has 0 aromatic heterocycles. The number of ether oxygens (including phenoxy) is 1. The quantitative estimate of drug-likeness (QED) is 0.589. The predicted octanol–water partition coefficient (Wildman–Crippen LogP) is 2.14. The van der Waals surface area contributed by atoms with Crippen LogP contribution in [0, 0.1) is 5.92 Å². The Morgan fingerprint density at radius 3 is 2.25 bits per heavy atom. The second kappa shape index (κ2) is 5.14. The zero-order valence-corrected chi connectivity index (χ0v) is 9.73. The van der Waals surface area contributed by atoms with Gasteiger partial charge in [-0.1, -0.05) is 13.8 Å². The Labute approximate surface area is 95.3 Å². The first-order valence-corrected chi connectivity index (χ1v) is 5.60. The molecule has 16 heavy (non-hydrogen) atoms. The molecule has 0 radical (unpaired) electrons. The van der Waals surface area contributed by atoms with E-state index in [1.165, 1.54) is 0 Å². The summed E-state index contributed by atoms with van der Waals surface area (Å²) >= 11 is 0. The van der Waals surface area contributed by atoms with Crippen molar-refractivity contribution in [3.8, 4) is 0 Å². The Hall–Kier alpha value is -1.32. The molecule has 1 fully saturated rings. The van der Waals surface area contributed by atoms with Gasteiger partial charge in [-0.05, 0) is 31.6 Å². The Morgan fingerprint density at radius 1 is 1.25 bits per heavy atom. The van der Waals surface area contributed by atoms with Gasteiger partial charge in [0.25, 0.3) is 0 Å². The van der Waals surface area contributed by atoms with Crippen molar-refractivity contribution in [3.05, 3.63) is 12.2 Å². The van der Waals surface area contributed by atoms with Crippen molar-refractivity contribution in [2.45, 2.75) is 45.1 Å². The first kappa shape index (κ1) is 12.7. The van der Waals surface area contributed by atoms with E-state index in [0.717, 1.165) is 37.8 Å². The highest BCUT2D eigenvalue weighted by molar-refractivity contribution is 5.90. The summed E-state index contributed by atoms with van der Waals surface area (Å²) in [6.07, 6.45) is 5.66. The van der Waals surface area contributed by atoms with Gasteiger partial charge in [0.05, 0.1) is 0 Å². The molecule has 0 bridgehead atoms. The third-order valence-electron chi connectivity index (χ3n) is 3.17. The van der Waals surface area contributed by atoms with E-state index in [1.807, 2.05) is 13.8 Å². The van der Waals surface area contributed by atoms with Gasteiger partial charge in [-0.15, -0.1) is 0 Å². The Morgan fingerprint density at radius 2 is 1.81 bits per heavy atom. The summed E-state index contributed by atoms with van der Waals surface area (Å²) in [6, 6.07) is 0. The van der Waals surface area contributed by atoms with Crippen molar-refractivity contribution >= 4 is 11.9 Å². The molecule has 0 aliphatic heterocycles. The molecule has 0 amide bonds. The van der Waals surface area contributed by atoms with Crippen LogP contribution in [0.5, 0.6) is 0 Å². The lowest BCUT2D eigenvalue weighted by atomic mass is 9.88. The Kier molecular flexibility index (Phi) is 4.10. The normalized spacial score (nSPS) is 19.2. The zero-order valence-electron chi connectivity index (χ0n) is 9.73. The molecule has 0 atom stereocenters. The third-order valence-corrected chi connectivity index (χ3v) is 3.17. The standard InChI is InChI=1S/C12H18O4/c1-9(2)12(7-3-4-8-12)16-11(15)6-5-10(13)14/h5-6,9H,3-4,7-8H2,1-2H3,(H,13,14)/b6-5+. The van der Waals surface area contributed by atoms with Crippen LogP contribution >= 0.6 is 0 Å². The van der Waals surface area contributed by atoms with Gasteiger partial charge in [0, 0.05) is 12.2 Å². The second-order valence-corrected chi connectivity index (χ2v) is 4.52. The van der Waals surface area contributed by atoms with Crippen molar-refractivity contribution in [2.75, 3.05) is 0 Å². The van der Waals surface area contributed by atoms with Gasteiger partial charge < -0.3 is 9.84 Å². The highest BCUT2D eigenvalue weighted by atomic mass is 16.6. The molecule has 1 aliphatic carbocycles. The van der Waals surface area contributed by atoms with E-state index >= 15 is 0 Å². The zero-order chi connectivity index (χ0) is 12.2. The van der Waals surface area contributed by atoms with E-state index in [9.17, 15) is 9.59 Å². The average Bonchev–Trinajstić information content (AvgIpc) is 2.64. The first-order valence-electron chi connectivity index (χ1n) is 5.60. The maximum absolute atomic E-state index is 11.4. The minimum atomic E-state index is -1.14. The van der Waals surface area contributed by atoms with Gasteiger partial charge in [0.2, 0.25) is 0 Å². The number of carbonyl (C=O) groups is 2. The molecule has 90 valence electrons. The number of hydrogen-bond acceptors (Lipinski definition) is 3. The highest BCUT2D eigenvalue weighted by Crippen LogP contribution is 2.39. The van der Waals surface area contributed by atoms with Crippen LogP contribution in [0.15, 0.2) is 12.2 Å². The molecule has 1 aliphatic rings. The first-order chi connectivity index (χ1) is 7.46. The minimum absolute atomic E-state index is 0.261. The van der Waals surface area contributed by atoms with Crippen LogP contribution in [0.2, 0.25) is 0 Å². The van der Waals surface area contributed by atoms with Gasteiger partial charge >= 0.3 is 11.9 Å². The number of carboxylic acids is 1. The van der Waals surface area contributed by atoms with Gasteiger partial charge in [0.15, 0.2) is 0 Å². The fourth-order valence-corrected chi connectivity index (χ4v) is 2.14. The smallest absolute Gasteiger partial charge is 0.331 e. The molecule has 0 aromatic carbocycles. The van der Waals surface area contributed by atoms with E-state index in [1.54, 1.807) is 0 Å². The van der Waals surface area contributed by atoms with Crippen molar-refractivity contribution in [3.63, 3.8) is 0 Å². The maximum Gasteiger partial charge on any atom is 0.331 e. The Bertz CT molecular complexity index is 298. The molecule has 0 spiro atoms. The van der Waals surface area contributed by atoms with E-state index in [0.29, 0.717) is 0 Å². The fourth-order valence-electron chi connectivity index (χ4n) is 2.14. The average molecular weight is 226 g/mol. The molecule has 0 heterocycles. The van der Waals surface area contributed by atoms with E-state index in [4.69, 9.17) is 9.84 Å². The van der Waals surface area contributed by atoms with Crippen LogP contribution in [-0.2, 0) is 14.3 Å². The lowest BCUT2D eigenvalue weighted by Crippen LogP contribution is -2.37. The summed E-state index contributed by atoms with van der Waals surface area (Å²) in [4.78, 5) is 21.7. The van der Waals surface area contributed by atoms with Gasteiger partial charge in [-0.2, -0.15) is 0 Å². The molecule has 1 N–H and O–H groups in total. The molecular weight excluding hydrogens is 208 g/mol. The lowest BCUT2D eigenvalue weighted by Gasteiger charge is -2.32. The molecule has 1 saturated carbocycles. The number of carboxylic acid groups (broad SMARTS) is 1. The van der Waals surface area contributed by atoms with Crippen LogP contribution in [0.4, 0.5) is 0 Å². The maximum atomic E-state index is 11.4. The van der Waals surface area contributed by atoms with Gasteiger partial charge in [0.1, 0.15) is 5.60 Å². The van der Waals surface area contributed by atoms with Crippen LogP contribution in [0.25, 0.3) is 0 Å². The summed E-state index contributed by atoms with van der Waals surface area (Å²) in [5.41, 5.74) is -0.389. The molecule has 0 unspecified atom stereocenters. The summed E-state index contributed by atoms with van der Waals surface area (Å²) < 4.78 is 5.42. The topological polar surface area (TPSA) is 63.6 Å². The molecule has 0 aromatic rings. The SMILES string of the molecule is CC(C)C1(OC(=O)/C=C/C(=O)O)CCCC1.